The van der Waals surface area contributed by atoms with Crippen LogP contribution in [0, 0.1) is 6.92 Å². The summed E-state index contributed by atoms with van der Waals surface area (Å²) in [5, 5.41) is 7.71. The van der Waals surface area contributed by atoms with E-state index < -0.39 is 0 Å². The Balaban J connectivity index is 1.74. The summed E-state index contributed by atoms with van der Waals surface area (Å²) in [6, 6.07) is 9.18. The van der Waals surface area contributed by atoms with Crippen LogP contribution in [0.25, 0.3) is 0 Å². The summed E-state index contributed by atoms with van der Waals surface area (Å²) in [4.78, 5) is 4.21. The van der Waals surface area contributed by atoms with Gasteiger partial charge in [-0.05, 0) is 32.3 Å². The molecule has 0 radical (unpaired) electrons. The topological polar surface area (TPSA) is 42.7 Å². The van der Waals surface area contributed by atoms with Gasteiger partial charge in [0.2, 0.25) is 0 Å². The average Bonchev–Trinajstić information content (AvgIpc) is 2.80. The molecule has 1 heterocycles. The van der Waals surface area contributed by atoms with E-state index >= 15 is 0 Å². The summed E-state index contributed by atoms with van der Waals surface area (Å²) in [6.45, 7) is 5.08. The molecular weight excluding hydrogens is 236 g/mol. The van der Waals surface area contributed by atoms with Crippen molar-refractivity contribution in [3.63, 3.8) is 0 Å². The number of hydrogen-bond acceptors (Lipinski definition) is 3. The lowest BCUT2D eigenvalue weighted by atomic mass is 10.0. The van der Waals surface area contributed by atoms with Crippen molar-refractivity contribution in [1.29, 1.82) is 0 Å². The van der Waals surface area contributed by atoms with E-state index in [9.17, 15) is 0 Å². The van der Waals surface area contributed by atoms with Gasteiger partial charge in [-0.1, -0.05) is 29.8 Å². The predicted molar refractivity (Wildman–Crippen MR) is 76.8 cm³/mol. The van der Waals surface area contributed by atoms with Crippen LogP contribution >= 0.6 is 0 Å². The third kappa shape index (κ3) is 4.48. The molecule has 0 saturated carbocycles. The Hall–Kier alpha value is -1.68. The smallest absolute Gasteiger partial charge is 0.164 e. The van der Waals surface area contributed by atoms with Gasteiger partial charge in [0, 0.05) is 13.1 Å². The van der Waals surface area contributed by atoms with Gasteiger partial charge in [0.05, 0.1) is 6.54 Å². The van der Waals surface area contributed by atoms with Gasteiger partial charge >= 0.3 is 0 Å². The lowest BCUT2D eigenvalue weighted by molar-refractivity contribution is 0.503. The van der Waals surface area contributed by atoms with Crippen molar-refractivity contribution >= 4 is 0 Å². The molecule has 1 aromatic carbocycles. The first-order valence-corrected chi connectivity index (χ1v) is 6.77. The quantitative estimate of drug-likeness (QED) is 0.864. The SMILES string of the molecule is Cc1cccc(CCC(C)NCc2ncn(C)n2)c1. The molecule has 1 N–H and O–H groups in total. The van der Waals surface area contributed by atoms with E-state index in [0.717, 1.165) is 25.2 Å². The fraction of sp³-hybridized carbons (Fsp3) is 0.467. The summed E-state index contributed by atoms with van der Waals surface area (Å²) >= 11 is 0. The van der Waals surface area contributed by atoms with Gasteiger partial charge < -0.3 is 5.32 Å². The van der Waals surface area contributed by atoms with Crippen molar-refractivity contribution < 1.29 is 0 Å². The molecule has 4 heteroatoms. The van der Waals surface area contributed by atoms with Crippen LogP contribution < -0.4 is 5.32 Å². The Morgan fingerprint density at radius 2 is 2.21 bits per heavy atom. The number of benzene rings is 1. The summed E-state index contributed by atoms with van der Waals surface area (Å²) in [7, 11) is 1.89. The molecule has 2 aromatic rings. The monoisotopic (exact) mass is 258 g/mol. The number of hydrogen-bond donors (Lipinski definition) is 1. The zero-order valence-electron chi connectivity index (χ0n) is 11.9. The average molecular weight is 258 g/mol. The molecule has 0 aliphatic carbocycles. The van der Waals surface area contributed by atoms with Crippen LogP contribution in [-0.2, 0) is 20.0 Å². The van der Waals surface area contributed by atoms with Crippen LogP contribution in [0.1, 0.15) is 30.3 Å². The van der Waals surface area contributed by atoms with Gasteiger partial charge in [0.1, 0.15) is 6.33 Å². The van der Waals surface area contributed by atoms with Crippen LogP contribution in [0.2, 0.25) is 0 Å². The van der Waals surface area contributed by atoms with Gasteiger partial charge in [0.25, 0.3) is 0 Å². The zero-order chi connectivity index (χ0) is 13.7. The van der Waals surface area contributed by atoms with Crippen molar-refractivity contribution in [2.75, 3.05) is 0 Å². The minimum atomic E-state index is 0.462. The van der Waals surface area contributed by atoms with E-state index in [1.807, 2.05) is 7.05 Å². The Bertz CT molecular complexity index is 518. The molecule has 0 aliphatic heterocycles. The van der Waals surface area contributed by atoms with E-state index in [4.69, 9.17) is 0 Å². The summed E-state index contributed by atoms with van der Waals surface area (Å²) in [6.07, 6.45) is 3.95. The number of aryl methyl sites for hydroxylation is 3. The molecule has 0 fully saturated rings. The molecule has 2 rings (SSSR count). The highest BCUT2D eigenvalue weighted by molar-refractivity contribution is 5.22. The maximum Gasteiger partial charge on any atom is 0.164 e. The molecule has 0 aliphatic rings. The minimum Gasteiger partial charge on any atom is -0.307 e. The van der Waals surface area contributed by atoms with Crippen LogP contribution in [0.3, 0.4) is 0 Å². The molecule has 102 valence electrons. The first-order valence-electron chi connectivity index (χ1n) is 6.77. The highest BCUT2D eigenvalue weighted by atomic mass is 15.3. The maximum absolute atomic E-state index is 4.26. The lowest BCUT2D eigenvalue weighted by Gasteiger charge is -2.12. The molecule has 0 spiro atoms. The second-order valence-corrected chi connectivity index (χ2v) is 5.14. The van der Waals surface area contributed by atoms with Gasteiger partial charge in [0.15, 0.2) is 5.82 Å². The van der Waals surface area contributed by atoms with Crippen LogP contribution in [0.15, 0.2) is 30.6 Å². The summed E-state index contributed by atoms with van der Waals surface area (Å²) < 4.78 is 1.73. The van der Waals surface area contributed by atoms with E-state index in [1.165, 1.54) is 11.1 Å². The van der Waals surface area contributed by atoms with Crippen molar-refractivity contribution in [3.8, 4) is 0 Å². The third-order valence-electron chi connectivity index (χ3n) is 3.20. The van der Waals surface area contributed by atoms with E-state index in [1.54, 1.807) is 11.0 Å². The molecule has 19 heavy (non-hydrogen) atoms. The van der Waals surface area contributed by atoms with E-state index in [2.05, 4.69) is 53.5 Å². The fourth-order valence-electron chi connectivity index (χ4n) is 2.08. The second kappa shape index (κ2) is 6.48. The number of rotatable bonds is 6. The Morgan fingerprint density at radius 3 is 2.89 bits per heavy atom. The molecular formula is C15H22N4. The summed E-state index contributed by atoms with van der Waals surface area (Å²) in [5.74, 6) is 0.852. The Kier molecular flexibility index (Phi) is 4.68. The molecule has 1 atom stereocenters. The largest absolute Gasteiger partial charge is 0.307 e. The maximum atomic E-state index is 4.26. The zero-order valence-corrected chi connectivity index (χ0v) is 11.9. The third-order valence-corrected chi connectivity index (χ3v) is 3.20. The van der Waals surface area contributed by atoms with Crippen molar-refractivity contribution in [2.45, 2.75) is 39.3 Å². The lowest BCUT2D eigenvalue weighted by Crippen LogP contribution is -2.26. The van der Waals surface area contributed by atoms with Crippen molar-refractivity contribution in [1.82, 2.24) is 20.1 Å². The standard InChI is InChI=1S/C15H22N4/c1-12-5-4-6-14(9-12)8-7-13(2)16-10-15-17-11-19(3)18-15/h4-6,9,11,13,16H,7-8,10H2,1-3H3. The van der Waals surface area contributed by atoms with Gasteiger partial charge in [-0.3, -0.25) is 4.68 Å². The second-order valence-electron chi connectivity index (χ2n) is 5.14. The van der Waals surface area contributed by atoms with Crippen LogP contribution in [0.5, 0.6) is 0 Å². The fourth-order valence-corrected chi connectivity index (χ4v) is 2.08. The summed E-state index contributed by atoms with van der Waals surface area (Å²) in [5.41, 5.74) is 2.74. The highest BCUT2D eigenvalue weighted by Crippen LogP contribution is 2.08. The van der Waals surface area contributed by atoms with Gasteiger partial charge in [-0.25, -0.2) is 4.98 Å². The molecule has 1 aromatic heterocycles. The molecule has 4 nitrogen and oxygen atoms in total. The van der Waals surface area contributed by atoms with E-state index in [0.29, 0.717) is 6.04 Å². The van der Waals surface area contributed by atoms with Gasteiger partial charge in [-0.15, -0.1) is 0 Å². The number of aromatic nitrogens is 3. The van der Waals surface area contributed by atoms with Crippen molar-refractivity contribution in [3.05, 3.63) is 47.5 Å². The number of nitrogens with zero attached hydrogens (tertiary/aromatic N) is 3. The first kappa shape index (κ1) is 13.7. The molecule has 0 saturated heterocycles. The Morgan fingerprint density at radius 1 is 1.37 bits per heavy atom. The van der Waals surface area contributed by atoms with E-state index in [-0.39, 0.29) is 0 Å². The minimum absolute atomic E-state index is 0.462. The predicted octanol–water partition coefficient (Wildman–Crippen LogP) is 2.23. The van der Waals surface area contributed by atoms with Crippen LogP contribution in [0.4, 0.5) is 0 Å². The Labute approximate surface area is 114 Å². The first-order chi connectivity index (χ1) is 9.13. The van der Waals surface area contributed by atoms with Crippen molar-refractivity contribution in [2.24, 2.45) is 7.05 Å². The molecule has 0 bridgehead atoms. The molecule has 1 unspecified atom stereocenters. The van der Waals surface area contributed by atoms with Gasteiger partial charge in [-0.2, -0.15) is 5.10 Å². The number of nitrogens with one attached hydrogen (secondary N) is 1. The highest BCUT2D eigenvalue weighted by Gasteiger charge is 2.04. The molecule has 0 amide bonds. The van der Waals surface area contributed by atoms with Crippen LogP contribution in [-0.4, -0.2) is 20.8 Å². The normalized spacial score (nSPS) is 12.6.